The molecule has 0 saturated carbocycles. The van der Waals surface area contributed by atoms with Crippen molar-refractivity contribution in [3.63, 3.8) is 0 Å². The van der Waals surface area contributed by atoms with Crippen LogP contribution in [0.2, 0.25) is 0 Å². The van der Waals surface area contributed by atoms with Crippen LogP contribution in [-0.2, 0) is 17.9 Å². The van der Waals surface area contributed by atoms with Crippen molar-refractivity contribution in [2.45, 2.75) is 39.2 Å². The number of carbonyl (C=O) groups excluding carboxylic acids is 1. The molecular weight excluding hydrogens is 259 g/mol. The van der Waals surface area contributed by atoms with Crippen molar-refractivity contribution in [3.05, 3.63) is 24.0 Å². The normalized spacial score (nSPS) is 11.9. The van der Waals surface area contributed by atoms with Crippen LogP contribution in [0.15, 0.2) is 18.3 Å². The largest absolute Gasteiger partial charge is 0.405 e. The molecule has 0 aliphatic carbocycles. The number of carbonyl (C=O) groups is 1. The third-order valence-corrected chi connectivity index (χ3v) is 2.41. The Hall–Kier alpha value is -1.50. The van der Waals surface area contributed by atoms with Crippen molar-refractivity contribution in [3.8, 4) is 0 Å². The lowest BCUT2D eigenvalue weighted by Gasteiger charge is -2.13. The van der Waals surface area contributed by atoms with Gasteiger partial charge in [0.25, 0.3) is 0 Å². The van der Waals surface area contributed by atoms with Gasteiger partial charge in [0.15, 0.2) is 0 Å². The van der Waals surface area contributed by atoms with Gasteiger partial charge in [0.05, 0.1) is 0 Å². The second-order valence-electron chi connectivity index (χ2n) is 4.55. The molecule has 0 atom stereocenters. The number of hydrogen-bond acceptors (Lipinski definition) is 2. The zero-order chi connectivity index (χ0) is 14.5. The Morgan fingerprint density at radius 1 is 1.42 bits per heavy atom. The highest BCUT2D eigenvalue weighted by atomic mass is 19.4. The van der Waals surface area contributed by atoms with Crippen molar-refractivity contribution < 1.29 is 18.0 Å². The fourth-order valence-electron chi connectivity index (χ4n) is 1.48. The maximum atomic E-state index is 12.0. The smallest absolute Gasteiger partial charge is 0.345 e. The zero-order valence-electron chi connectivity index (χ0n) is 10.9. The molecule has 2 N–H and O–H groups in total. The van der Waals surface area contributed by atoms with Gasteiger partial charge in [-0.15, -0.1) is 0 Å². The summed E-state index contributed by atoms with van der Waals surface area (Å²) in [4.78, 5) is 11.4. The summed E-state index contributed by atoms with van der Waals surface area (Å²) in [5, 5.41) is 5.03. The summed E-state index contributed by atoms with van der Waals surface area (Å²) in [6.45, 7) is 3.13. The van der Waals surface area contributed by atoms with Gasteiger partial charge in [-0.2, -0.15) is 13.2 Å². The van der Waals surface area contributed by atoms with Gasteiger partial charge >= 0.3 is 6.18 Å². The average molecular weight is 277 g/mol. The molecule has 0 saturated heterocycles. The van der Waals surface area contributed by atoms with Crippen LogP contribution in [0.1, 0.15) is 19.5 Å². The average Bonchev–Trinajstić information content (AvgIpc) is 2.70. The molecule has 1 aromatic rings. The summed E-state index contributed by atoms with van der Waals surface area (Å²) in [5.41, 5.74) is 0.857. The van der Waals surface area contributed by atoms with Crippen molar-refractivity contribution >= 4 is 5.91 Å². The van der Waals surface area contributed by atoms with Crippen LogP contribution < -0.4 is 10.6 Å². The van der Waals surface area contributed by atoms with E-state index in [1.807, 2.05) is 25.2 Å². The number of hydrogen-bond donors (Lipinski definition) is 2. The van der Waals surface area contributed by atoms with Crippen LogP contribution in [-0.4, -0.2) is 29.2 Å². The molecule has 108 valence electrons. The minimum absolute atomic E-state index is 0.113. The van der Waals surface area contributed by atoms with E-state index in [1.165, 1.54) is 0 Å². The number of nitrogens with zero attached hydrogens (tertiary/aromatic N) is 1. The van der Waals surface area contributed by atoms with Crippen molar-refractivity contribution in [1.29, 1.82) is 0 Å². The SMILES string of the molecule is CC(C)NCc1cccn1CC(=O)NCC(F)(F)F. The van der Waals surface area contributed by atoms with Gasteiger partial charge in [-0.1, -0.05) is 13.8 Å². The van der Waals surface area contributed by atoms with Gasteiger partial charge in [0.2, 0.25) is 5.91 Å². The van der Waals surface area contributed by atoms with Crippen molar-refractivity contribution in [2.75, 3.05) is 6.54 Å². The molecule has 1 aromatic heterocycles. The molecule has 19 heavy (non-hydrogen) atoms. The van der Waals surface area contributed by atoms with Crippen LogP contribution >= 0.6 is 0 Å². The van der Waals surface area contributed by atoms with Crippen molar-refractivity contribution in [1.82, 2.24) is 15.2 Å². The highest BCUT2D eigenvalue weighted by Crippen LogP contribution is 2.12. The van der Waals surface area contributed by atoms with E-state index in [0.29, 0.717) is 12.6 Å². The molecule has 0 unspecified atom stereocenters. The number of aromatic nitrogens is 1. The van der Waals surface area contributed by atoms with E-state index in [-0.39, 0.29) is 6.54 Å². The van der Waals surface area contributed by atoms with Crippen LogP contribution in [0, 0.1) is 0 Å². The fraction of sp³-hybridized carbons (Fsp3) is 0.583. The quantitative estimate of drug-likeness (QED) is 0.831. The Kier molecular flexibility index (Phi) is 5.41. The predicted molar refractivity (Wildman–Crippen MR) is 65.5 cm³/mol. The maximum absolute atomic E-state index is 12.0. The first kappa shape index (κ1) is 15.6. The molecule has 0 bridgehead atoms. The molecular formula is C12H18F3N3O. The molecule has 0 aromatic carbocycles. The molecule has 7 heteroatoms. The maximum Gasteiger partial charge on any atom is 0.405 e. The molecule has 0 radical (unpaired) electrons. The van der Waals surface area contributed by atoms with Gasteiger partial charge in [-0.3, -0.25) is 4.79 Å². The Morgan fingerprint density at radius 2 is 2.11 bits per heavy atom. The van der Waals surface area contributed by atoms with Crippen molar-refractivity contribution in [2.24, 2.45) is 0 Å². The van der Waals surface area contributed by atoms with Crippen LogP contribution in [0.3, 0.4) is 0 Å². The first-order valence-corrected chi connectivity index (χ1v) is 5.99. The van der Waals surface area contributed by atoms with Gasteiger partial charge in [0.1, 0.15) is 13.1 Å². The van der Waals surface area contributed by atoms with Gasteiger partial charge in [-0.25, -0.2) is 0 Å². The highest BCUT2D eigenvalue weighted by Gasteiger charge is 2.27. The topological polar surface area (TPSA) is 46.1 Å². The summed E-state index contributed by atoms with van der Waals surface area (Å²) < 4.78 is 37.5. The number of alkyl halides is 3. The van der Waals surface area contributed by atoms with E-state index in [1.54, 1.807) is 16.8 Å². The van der Waals surface area contributed by atoms with Gasteiger partial charge in [-0.05, 0) is 12.1 Å². The Labute approximate surface area is 110 Å². The second kappa shape index (κ2) is 6.60. The lowest BCUT2D eigenvalue weighted by atomic mass is 10.3. The number of rotatable bonds is 6. The summed E-state index contributed by atoms with van der Waals surface area (Å²) >= 11 is 0. The first-order valence-electron chi connectivity index (χ1n) is 5.99. The zero-order valence-corrected chi connectivity index (χ0v) is 10.9. The summed E-state index contributed by atoms with van der Waals surface area (Å²) in [6.07, 6.45) is -2.71. The monoisotopic (exact) mass is 277 g/mol. The molecule has 4 nitrogen and oxygen atoms in total. The Bertz CT molecular complexity index is 413. The summed E-state index contributed by atoms with van der Waals surface area (Å²) in [6, 6.07) is 3.88. The molecule has 1 amide bonds. The molecule has 0 aliphatic rings. The lowest BCUT2D eigenvalue weighted by molar-refractivity contribution is -0.138. The predicted octanol–water partition coefficient (Wildman–Crippen LogP) is 1.66. The molecule has 1 rings (SSSR count). The Morgan fingerprint density at radius 3 is 2.68 bits per heavy atom. The third kappa shape index (κ3) is 6.28. The van der Waals surface area contributed by atoms with Crippen LogP contribution in [0.4, 0.5) is 13.2 Å². The molecule has 0 aliphatic heterocycles. The number of nitrogens with one attached hydrogen (secondary N) is 2. The van der Waals surface area contributed by atoms with E-state index in [4.69, 9.17) is 0 Å². The third-order valence-electron chi connectivity index (χ3n) is 2.41. The van der Waals surface area contributed by atoms with E-state index in [2.05, 4.69) is 5.32 Å². The van der Waals surface area contributed by atoms with E-state index >= 15 is 0 Å². The molecule has 0 fully saturated rings. The summed E-state index contributed by atoms with van der Waals surface area (Å²) in [5.74, 6) is -0.653. The number of halogens is 3. The molecule has 1 heterocycles. The number of amides is 1. The van der Waals surface area contributed by atoms with Crippen LogP contribution in [0.25, 0.3) is 0 Å². The first-order chi connectivity index (χ1) is 8.78. The fourth-order valence-corrected chi connectivity index (χ4v) is 1.48. The van der Waals surface area contributed by atoms with Gasteiger partial charge < -0.3 is 15.2 Å². The lowest BCUT2D eigenvalue weighted by Crippen LogP contribution is -2.36. The minimum atomic E-state index is -4.38. The second-order valence-corrected chi connectivity index (χ2v) is 4.55. The standard InChI is InChI=1S/C12H18F3N3O/c1-9(2)16-6-10-4-3-5-18(10)7-11(19)17-8-12(13,14)15/h3-5,9,16H,6-8H2,1-2H3,(H,17,19). The molecule has 0 spiro atoms. The van der Waals surface area contributed by atoms with Gasteiger partial charge in [0, 0.05) is 24.5 Å². The van der Waals surface area contributed by atoms with E-state index < -0.39 is 18.6 Å². The minimum Gasteiger partial charge on any atom is -0.345 e. The van der Waals surface area contributed by atoms with E-state index in [0.717, 1.165) is 5.69 Å². The highest BCUT2D eigenvalue weighted by molar-refractivity contribution is 5.75. The summed E-state index contributed by atoms with van der Waals surface area (Å²) in [7, 11) is 0. The Balaban J connectivity index is 2.48. The van der Waals surface area contributed by atoms with E-state index in [9.17, 15) is 18.0 Å². The van der Waals surface area contributed by atoms with Crippen LogP contribution in [0.5, 0.6) is 0 Å².